The number of phenols is 1. The molecule has 30 heavy (non-hydrogen) atoms. The van der Waals surface area contributed by atoms with Gasteiger partial charge in [-0.05, 0) is 31.0 Å². The summed E-state index contributed by atoms with van der Waals surface area (Å²) in [7, 11) is 0. The summed E-state index contributed by atoms with van der Waals surface area (Å²) in [5.41, 5.74) is 11.6. The molecular formula is C18H25N5O7. The lowest BCUT2D eigenvalue weighted by Crippen LogP contribution is -2.56. The van der Waals surface area contributed by atoms with Crippen LogP contribution in [-0.2, 0) is 30.4 Å². The minimum Gasteiger partial charge on any atom is -0.508 e. The molecule has 0 aromatic heterocycles. The molecular weight excluding hydrogens is 398 g/mol. The molecule has 4 amide bonds. The highest BCUT2D eigenvalue weighted by molar-refractivity contribution is 5.95. The Bertz CT molecular complexity index is 797. The standard InChI is InChI=1S/C18H25N5O7/c1-9(16(28)21-8-15(26)27)22-18(30)13(7-14(20)25)23-17(29)12(19)6-10-2-4-11(24)5-3-10/h2-5,9,12-13,24H,6-8,19H2,1H3,(H2,20,25)(H,21,28)(H,22,30)(H,23,29)(H,26,27)/t9-,12-,13-/m1/s1. The molecule has 0 radical (unpaired) electrons. The molecule has 0 saturated carbocycles. The summed E-state index contributed by atoms with van der Waals surface area (Å²) in [6.45, 7) is 0.668. The number of carbonyl (C=O) groups is 5. The average Bonchev–Trinajstić information content (AvgIpc) is 2.66. The van der Waals surface area contributed by atoms with Gasteiger partial charge < -0.3 is 37.6 Å². The highest BCUT2D eigenvalue weighted by Gasteiger charge is 2.27. The van der Waals surface area contributed by atoms with Gasteiger partial charge in [0.2, 0.25) is 23.6 Å². The second-order valence-electron chi connectivity index (χ2n) is 6.55. The molecule has 0 aliphatic heterocycles. The van der Waals surface area contributed by atoms with Crippen molar-refractivity contribution in [3.63, 3.8) is 0 Å². The number of phenolic OH excluding ortho intramolecular Hbond substituents is 1. The van der Waals surface area contributed by atoms with Crippen molar-refractivity contribution in [3.8, 4) is 5.75 Å². The van der Waals surface area contributed by atoms with Gasteiger partial charge in [0.1, 0.15) is 24.4 Å². The molecule has 3 atom stereocenters. The summed E-state index contributed by atoms with van der Waals surface area (Å²) in [5, 5.41) is 24.5. The molecule has 0 bridgehead atoms. The molecule has 12 heteroatoms. The Kier molecular flexibility index (Phi) is 9.23. The summed E-state index contributed by atoms with van der Waals surface area (Å²) in [4.78, 5) is 58.3. The summed E-state index contributed by atoms with van der Waals surface area (Å²) in [5.74, 6) is -4.44. The van der Waals surface area contributed by atoms with Gasteiger partial charge in [0, 0.05) is 0 Å². The van der Waals surface area contributed by atoms with Gasteiger partial charge in [-0.1, -0.05) is 12.1 Å². The molecule has 0 spiro atoms. The fourth-order valence-corrected chi connectivity index (χ4v) is 2.36. The third-order valence-corrected chi connectivity index (χ3v) is 3.93. The van der Waals surface area contributed by atoms with Gasteiger partial charge in [-0.2, -0.15) is 0 Å². The Morgan fingerprint density at radius 3 is 2.13 bits per heavy atom. The SMILES string of the molecule is C[C@@H](NC(=O)[C@@H](CC(N)=O)NC(=O)[C@H](N)Cc1ccc(O)cc1)C(=O)NCC(=O)O. The van der Waals surface area contributed by atoms with E-state index >= 15 is 0 Å². The largest absolute Gasteiger partial charge is 0.508 e. The van der Waals surface area contributed by atoms with E-state index in [0.717, 1.165) is 0 Å². The first-order chi connectivity index (χ1) is 14.0. The monoisotopic (exact) mass is 423 g/mol. The third kappa shape index (κ3) is 8.56. The topological polar surface area (TPSA) is 214 Å². The molecule has 0 heterocycles. The van der Waals surface area contributed by atoms with Crippen LogP contribution >= 0.6 is 0 Å². The average molecular weight is 423 g/mol. The number of aromatic hydroxyl groups is 1. The number of aliphatic carboxylic acids is 1. The first kappa shape index (κ1) is 24.4. The predicted octanol–water partition coefficient (Wildman–Crippen LogP) is -2.67. The van der Waals surface area contributed by atoms with Gasteiger partial charge >= 0.3 is 5.97 Å². The molecule has 1 rings (SSSR count). The molecule has 1 aromatic carbocycles. The van der Waals surface area contributed by atoms with Crippen molar-refractivity contribution >= 4 is 29.6 Å². The quantitative estimate of drug-likeness (QED) is 0.199. The Balaban J connectivity index is 2.72. The van der Waals surface area contributed by atoms with Gasteiger partial charge in [-0.25, -0.2) is 0 Å². The number of carboxylic acid groups (broad SMARTS) is 1. The number of hydrogen-bond acceptors (Lipinski definition) is 7. The van der Waals surface area contributed by atoms with Crippen molar-refractivity contribution in [1.29, 1.82) is 0 Å². The highest BCUT2D eigenvalue weighted by atomic mass is 16.4. The number of hydrogen-bond donors (Lipinski definition) is 7. The van der Waals surface area contributed by atoms with Crippen LogP contribution in [0.4, 0.5) is 0 Å². The van der Waals surface area contributed by atoms with Crippen LogP contribution in [0.25, 0.3) is 0 Å². The number of nitrogens with two attached hydrogens (primary N) is 2. The number of carbonyl (C=O) groups excluding carboxylic acids is 4. The highest BCUT2D eigenvalue weighted by Crippen LogP contribution is 2.11. The van der Waals surface area contributed by atoms with Crippen molar-refractivity contribution in [2.75, 3.05) is 6.54 Å². The summed E-state index contributed by atoms with van der Waals surface area (Å²) in [6.07, 6.45) is -0.433. The fourth-order valence-electron chi connectivity index (χ4n) is 2.36. The first-order valence-electron chi connectivity index (χ1n) is 8.91. The Morgan fingerprint density at radius 2 is 1.60 bits per heavy atom. The first-order valence-corrected chi connectivity index (χ1v) is 8.91. The number of rotatable bonds is 11. The van der Waals surface area contributed by atoms with Crippen LogP contribution in [0.5, 0.6) is 5.75 Å². The summed E-state index contributed by atoms with van der Waals surface area (Å²) < 4.78 is 0. The lowest BCUT2D eigenvalue weighted by molar-refractivity contribution is -0.138. The van der Waals surface area contributed by atoms with Crippen LogP contribution < -0.4 is 27.4 Å². The molecule has 0 unspecified atom stereocenters. The number of primary amides is 1. The maximum Gasteiger partial charge on any atom is 0.322 e. The maximum atomic E-state index is 12.4. The van der Waals surface area contributed by atoms with E-state index in [1.54, 1.807) is 12.1 Å². The van der Waals surface area contributed by atoms with E-state index in [-0.39, 0.29) is 12.2 Å². The summed E-state index contributed by atoms with van der Waals surface area (Å²) in [6, 6.07) is 2.45. The van der Waals surface area contributed by atoms with E-state index in [4.69, 9.17) is 16.6 Å². The predicted molar refractivity (Wildman–Crippen MR) is 104 cm³/mol. The number of benzene rings is 1. The smallest absolute Gasteiger partial charge is 0.322 e. The lowest BCUT2D eigenvalue weighted by Gasteiger charge is -2.22. The minimum atomic E-state index is -1.38. The zero-order chi connectivity index (χ0) is 22.8. The van der Waals surface area contributed by atoms with Crippen LogP contribution in [0.1, 0.15) is 18.9 Å². The van der Waals surface area contributed by atoms with Gasteiger partial charge in [0.25, 0.3) is 0 Å². The van der Waals surface area contributed by atoms with E-state index in [2.05, 4.69) is 16.0 Å². The molecule has 12 nitrogen and oxygen atoms in total. The normalized spacial score (nSPS) is 13.4. The van der Waals surface area contributed by atoms with Crippen molar-refractivity contribution in [1.82, 2.24) is 16.0 Å². The maximum absolute atomic E-state index is 12.4. The zero-order valence-electron chi connectivity index (χ0n) is 16.3. The lowest BCUT2D eigenvalue weighted by atomic mass is 10.0. The fraction of sp³-hybridized carbons (Fsp3) is 0.389. The minimum absolute atomic E-state index is 0.0523. The number of carboxylic acids is 1. The van der Waals surface area contributed by atoms with Crippen molar-refractivity contribution in [2.24, 2.45) is 11.5 Å². The van der Waals surface area contributed by atoms with E-state index in [9.17, 15) is 29.1 Å². The molecule has 0 fully saturated rings. The second-order valence-corrected chi connectivity index (χ2v) is 6.55. The number of amides is 4. The third-order valence-electron chi connectivity index (χ3n) is 3.93. The van der Waals surface area contributed by atoms with Gasteiger partial charge in [0.05, 0.1) is 12.5 Å². The summed E-state index contributed by atoms with van der Waals surface area (Å²) >= 11 is 0. The number of nitrogens with one attached hydrogen (secondary N) is 3. The van der Waals surface area contributed by atoms with Gasteiger partial charge in [-0.15, -0.1) is 0 Å². The molecule has 0 aliphatic rings. The van der Waals surface area contributed by atoms with Crippen molar-refractivity contribution < 1.29 is 34.2 Å². The van der Waals surface area contributed by atoms with Crippen LogP contribution in [-0.4, -0.2) is 64.5 Å². The zero-order valence-corrected chi connectivity index (χ0v) is 16.3. The van der Waals surface area contributed by atoms with Crippen LogP contribution in [0, 0.1) is 0 Å². The van der Waals surface area contributed by atoms with Crippen LogP contribution in [0.15, 0.2) is 24.3 Å². The van der Waals surface area contributed by atoms with Gasteiger partial charge in [-0.3, -0.25) is 24.0 Å². The van der Waals surface area contributed by atoms with Gasteiger partial charge in [0.15, 0.2) is 0 Å². The van der Waals surface area contributed by atoms with Crippen molar-refractivity contribution in [3.05, 3.63) is 29.8 Å². The Morgan fingerprint density at radius 1 is 1.00 bits per heavy atom. The molecule has 0 saturated heterocycles. The van der Waals surface area contributed by atoms with Crippen molar-refractivity contribution in [2.45, 2.75) is 37.9 Å². The van der Waals surface area contributed by atoms with Crippen LogP contribution in [0.2, 0.25) is 0 Å². The molecule has 9 N–H and O–H groups in total. The Hall–Kier alpha value is -3.67. The van der Waals surface area contributed by atoms with E-state index in [1.807, 2.05) is 0 Å². The van der Waals surface area contributed by atoms with E-state index in [1.165, 1.54) is 19.1 Å². The Labute approximate surface area is 172 Å². The molecule has 0 aliphatic carbocycles. The van der Waals surface area contributed by atoms with E-state index < -0.39 is 60.7 Å². The second kappa shape index (κ2) is 11.4. The van der Waals surface area contributed by atoms with Crippen LogP contribution in [0.3, 0.4) is 0 Å². The van der Waals surface area contributed by atoms with E-state index in [0.29, 0.717) is 5.56 Å². The molecule has 1 aromatic rings. The molecule has 164 valence electrons.